The molecule has 3 atom stereocenters. The molecule has 100 valence electrons. The molecule has 1 aliphatic rings. The Labute approximate surface area is 112 Å². The maximum atomic E-state index is 14.1. The second kappa shape index (κ2) is 5.49. The second-order valence-electron chi connectivity index (χ2n) is 5.05. The minimum atomic E-state index is -0.622. The van der Waals surface area contributed by atoms with E-state index in [9.17, 15) is 9.50 Å². The fourth-order valence-corrected chi connectivity index (χ4v) is 3.74. The molecular weight excluding hydrogens is 249 g/mol. The molecule has 18 heavy (non-hydrogen) atoms. The van der Waals surface area contributed by atoms with Crippen LogP contribution in [0.4, 0.5) is 10.1 Å². The van der Waals surface area contributed by atoms with Crippen LogP contribution in [0.15, 0.2) is 18.2 Å². The second-order valence-corrected chi connectivity index (χ2v) is 6.93. The number of hydrogen-bond donors (Lipinski definition) is 1. The number of anilines is 1. The fraction of sp³-hybridized carbons (Fsp3) is 0.571. The summed E-state index contributed by atoms with van der Waals surface area (Å²) in [5.41, 5.74) is 1.28. The Kier molecular flexibility index (Phi) is 4.17. The summed E-state index contributed by atoms with van der Waals surface area (Å²) in [4.78, 5) is 2.10. The summed E-state index contributed by atoms with van der Waals surface area (Å²) >= 11 is 1.95. The third kappa shape index (κ3) is 2.98. The van der Waals surface area contributed by atoms with Crippen molar-refractivity contribution in [2.45, 2.75) is 37.4 Å². The van der Waals surface area contributed by atoms with Crippen molar-refractivity contribution in [1.29, 1.82) is 0 Å². The molecule has 1 N–H and O–H groups in total. The van der Waals surface area contributed by atoms with Gasteiger partial charge in [-0.2, -0.15) is 11.8 Å². The van der Waals surface area contributed by atoms with Crippen LogP contribution in [-0.4, -0.2) is 28.7 Å². The van der Waals surface area contributed by atoms with Crippen LogP contribution in [0.5, 0.6) is 0 Å². The number of thioether (sulfide) groups is 1. The van der Waals surface area contributed by atoms with Crippen molar-refractivity contribution < 1.29 is 9.50 Å². The lowest BCUT2D eigenvalue weighted by Crippen LogP contribution is -2.40. The van der Waals surface area contributed by atoms with Crippen molar-refractivity contribution in [3.05, 3.63) is 29.6 Å². The van der Waals surface area contributed by atoms with E-state index in [1.54, 1.807) is 19.1 Å². The number of aliphatic hydroxyl groups excluding tert-OH is 1. The first-order valence-corrected chi connectivity index (χ1v) is 7.29. The Morgan fingerprint density at radius 2 is 1.94 bits per heavy atom. The van der Waals surface area contributed by atoms with Gasteiger partial charge in [0.25, 0.3) is 0 Å². The molecule has 0 aromatic heterocycles. The van der Waals surface area contributed by atoms with E-state index < -0.39 is 6.10 Å². The first-order valence-electron chi connectivity index (χ1n) is 6.35. The quantitative estimate of drug-likeness (QED) is 0.892. The van der Waals surface area contributed by atoms with Crippen LogP contribution in [0.3, 0.4) is 0 Å². The fourth-order valence-electron chi connectivity index (χ4n) is 2.41. The van der Waals surface area contributed by atoms with Gasteiger partial charge in [0.1, 0.15) is 5.82 Å². The van der Waals surface area contributed by atoms with Gasteiger partial charge in [-0.1, -0.05) is 19.9 Å². The van der Waals surface area contributed by atoms with Crippen molar-refractivity contribution in [2.24, 2.45) is 0 Å². The molecule has 0 spiro atoms. The largest absolute Gasteiger partial charge is 0.389 e. The molecular formula is C14H20FNOS. The summed E-state index contributed by atoms with van der Waals surface area (Å²) < 4.78 is 14.1. The van der Waals surface area contributed by atoms with Crippen LogP contribution in [0, 0.1) is 5.82 Å². The maximum absolute atomic E-state index is 14.1. The molecule has 2 rings (SSSR count). The van der Waals surface area contributed by atoms with Crippen molar-refractivity contribution in [3.63, 3.8) is 0 Å². The van der Waals surface area contributed by atoms with E-state index in [-0.39, 0.29) is 5.82 Å². The normalized spacial score (nSPS) is 26.2. The average Bonchev–Trinajstić information content (AvgIpc) is 2.27. The maximum Gasteiger partial charge on any atom is 0.146 e. The molecule has 0 aliphatic carbocycles. The van der Waals surface area contributed by atoms with E-state index in [4.69, 9.17) is 0 Å². The molecule has 1 saturated heterocycles. The highest BCUT2D eigenvalue weighted by atomic mass is 32.2. The summed E-state index contributed by atoms with van der Waals surface area (Å²) in [7, 11) is 0. The summed E-state index contributed by atoms with van der Waals surface area (Å²) in [6, 6.07) is 5.03. The molecule has 0 bridgehead atoms. The minimum Gasteiger partial charge on any atom is -0.389 e. The van der Waals surface area contributed by atoms with Crippen LogP contribution in [-0.2, 0) is 0 Å². The minimum absolute atomic E-state index is 0.236. The molecule has 2 unspecified atom stereocenters. The van der Waals surface area contributed by atoms with Crippen LogP contribution < -0.4 is 4.90 Å². The first kappa shape index (κ1) is 13.7. The van der Waals surface area contributed by atoms with Gasteiger partial charge in [-0.3, -0.25) is 0 Å². The highest BCUT2D eigenvalue weighted by molar-refractivity contribution is 8.00. The number of rotatable bonds is 2. The van der Waals surface area contributed by atoms with Gasteiger partial charge < -0.3 is 10.0 Å². The van der Waals surface area contributed by atoms with Crippen LogP contribution in [0.1, 0.15) is 32.4 Å². The topological polar surface area (TPSA) is 23.5 Å². The third-order valence-electron chi connectivity index (χ3n) is 3.21. The van der Waals surface area contributed by atoms with E-state index in [0.29, 0.717) is 21.8 Å². The highest BCUT2D eigenvalue weighted by Crippen LogP contribution is 2.31. The summed E-state index contributed by atoms with van der Waals surface area (Å²) in [6.45, 7) is 7.75. The molecule has 1 aromatic rings. The average molecular weight is 269 g/mol. The highest BCUT2D eigenvalue weighted by Gasteiger charge is 2.24. The van der Waals surface area contributed by atoms with Crippen molar-refractivity contribution in [2.75, 3.05) is 18.0 Å². The Hall–Kier alpha value is -0.740. The zero-order valence-corrected chi connectivity index (χ0v) is 11.9. The van der Waals surface area contributed by atoms with Gasteiger partial charge in [-0.25, -0.2) is 4.39 Å². The zero-order chi connectivity index (χ0) is 13.3. The molecule has 1 fully saturated rings. The van der Waals surface area contributed by atoms with E-state index in [1.807, 2.05) is 11.8 Å². The lowest BCUT2D eigenvalue weighted by Gasteiger charge is -2.36. The van der Waals surface area contributed by atoms with Gasteiger partial charge in [0.05, 0.1) is 11.8 Å². The molecule has 0 radical (unpaired) electrons. The Bertz CT molecular complexity index is 414. The SMILES string of the molecule is CC1CN(c2ccc([C@@H](C)O)cc2F)CC(C)S1. The van der Waals surface area contributed by atoms with Crippen molar-refractivity contribution in [1.82, 2.24) is 0 Å². The van der Waals surface area contributed by atoms with Gasteiger partial charge in [-0.05, 0) is 24.6 Å². The summed E-state index contributed by atoms with van der Waals surface area (Å²) in [5, 5.41) is 10.5. The molecule has 1 aliphatic heterocycles. The monoisotopic (exact) mass is 269 g/mol. The first-order chi connectivity index (χ1) is 8.47. The molecule has 2 nitrogen and oxygen atoms in total. The number of aliphatic hydroxyl groups is 1. The van der Waals surface area contributed by atoms with Crippen molar-refractivity contribution in [3.8, 4) is 0 Å². The summed E-state index contributed by atoms with van der Waals surface area (Å²) in [6.07, 6.45) is -0.622. The zero-order valence-electron chi connectivity index (χ0n) is 11.1. The van der Waals surface area contributed by atoms with Crippen LogP contribution in [0.25, 0.3) is 0 Å². The number of halogens is 1. The lowest BCUT2D eigenvalue weighted by atomic mass is 10.1. The number of hydrogen-bond acceptors (Lipinski definition) is 3. The van der Waals surface area contributed by atoms with E-state index in [0.717, 1.165) is 13.1 Å². The predicted molar refractivity (Wildman–Crippen MR) is 75.8 cm³/mol. The number of benzene rings is 1. The van der Waals surface area contributed by atoms with Gasteiger partial charge in [0, 0.05) is 23.6 Å². The smallest absolute Gasteiger partial charge is 0.146 e. The van der Waals surface area contributed by atoms with Gasteiger partial charge in [0.15, 0.2) is 0 Å². The Morgan fingerprint density at radius 1 is 1.33 bits per heavy atom. The molecule has 1 aromatic carbocycles. The van der Waals surface area contributed by atoms with Crippen LogP contribution >= 0.6 is 11.8 Å². The van der Waals surface area contributed by atoms with E-state index in [2.05, 4.69) is 18.7 Å². The Balaban J connectivity index is 2.22. The predicted octanol–water partition coefficient (Wildman–Crippen LogP) is 3.21. The number of nitrogens with zero attached hydrogens (tertiary/aromatic N) is 1. The van der Waals surface area contributed by atoms with E-state index >= 15 is 0 Å². The molecule has 0 saturated carbocycles. The standard InChI is InChI=1S/C14H20FNOS/c1-9-7-16(8-10(2)18-9)14-5-4-12(11(3)17)6-13(14)15/h4-6,9-11,17H,7-8H2,1-3H3/t9?,10?,11-/m1/s1. The van der Waals surface area contributed by atoms with E-state index in [1.165, 1.54) is 6.07 Å². The van der Waals surface area contributed by atoms with Gasteiger partial charge >= 0.3 is 0 Å². The van der Waals surface area contributed by atoms with Crippen molar-refractivity contribution >= 4 is 17.4 Å². The van der Waals surface area contributed by atoms with Crippen LogP contribution in [0.2, 0.25) is 0 Å². The molecule has 1 heterocycles. The summed E-state index contributed by atoms with van der Waals surface area (Å²) in [5.74, 6) is -0.236. The van der Waals surface area contributed by atoms with Gasteiger partial charge in [0.2, 0.25) is 0 Å². The molecule has 0 amide bonds. The third-order valence-corrected chi connectivity index (χ3v) is 4.44. The van der Waals surface area contributed by atoms with Gasteiger partial charge in [-0.15, -0.1) is 0 Å². The Morgan fingerprint density at radius 3 is 2.44 bits per heavy atom. The molecule has 4 heteroatoms. The lowest BCUT2D eigenvalue weighted by molar-refractivity contribution is 0.199.